The van der Waals surface area contributed by atoms with E-state index in [2.05, 4.69) is 52.2 Å². The molecule has 5 rings (SSSR count). The van der Waals surface area contributed by atoms with Crippen molar-refractivity contribution in [3.8, 4) is 11.3 Å². The molecule has 2 aliphatic heterocycles. The highest BCUT2D eigenvalue weighted by molar-refractivity contribution is 6.13. The highest BCUT2D eigenvalue weighted by Gasteiger charge is 2.25. The lowest BCUT2D eigenvalue weighted by molar-refractivity contribution is 0.579. The molecule has 1 fully saturated rings. The van der Waals surface area contributed by atoms with Crippen LogP contribution in [0.5, 0.6) is 0 Å². The molecule has 3 aromatic rings. The average Bonchev–Trinajstić information content (AvgIpc) is 3.35. The molecule has 1 aromatic heterocycles. The van der Waals surface area contributed by atoms with Gasteiger partial charge in [0.25, 0.3) is 0 Å². The van der Waals surface area contributed by atoms with E-state index < -0.39 is 11.6 Å². The Morgan fingerprint density at radius 3 is 2.31 bits per heavy atom. The van der Waals surface area contributed by atoms with Crippen LogP contribution < -0.4 is 10.2 Å². The van der Waals surface area contributed by atoms with Crippen LogP contribution in [0.2, 0.25) is 0 Å². The lowest BCUT2D eigenvalue weighted by Gasteiger charge is -2.20. The first-order chi connectivity index (χ1) is 15.3. The van der Waals surface area contributed by atoms with Gasteiger partial charge in [-0.1, -0.05) is 26.8 Å². The zero-order valence-corrected chi connectivity index (χ0v) is 19.0. The Bertz CT molecular complexity index is 1120. The standard InChI is InChI=1S/C21H19F2N5.C4H10/c1-12-19-20(27-26-12)14-11-13(28-9-2-3-10-28)7-8-17(14)24-21(25-19)18-15(22)5-4-6-16(18)23;1-4(2)3/h4-8,11H,2-3,9-10H2,1H3,(H,24,25)(H,26,27);4H,1-3H3. The van der Waals surface area contributed by atoms with E-state index in [0.29, 0.717) is 11.4 Å². The zero-order chi connectivity index (χ0) is 22.8. The highest BCUT2D eigenvalue weighted by Crippen LogP contribution is 2.41. The summed E-state index contributed by atoms with van der Waals surface area (Å²) in [4.78, 5) is 6.89. The van der Waals surface area contributed by atoms with Crippen LogP contribution in [0.15, 0.2) is 41.4 Å². The number of benzene rings is 2. The lowest BCUT2D eigenvalue weighted by Crippen LogP contribution is -2.19. The molecule has 0 saturated carbocycles. The summed E-state index contributed by atoms with van der Waals surface area (Å²) in [7, 11) is 0. The minimum atomic E-state index is -0.661. The van der Waals surface area contributed by atoms with Gasteiger partial charge in [-0.15, -0.1) is 0 Å². The second-order valence-corrected chi connectivity index (χ2v) is 8.88. The number of H-pyrrole nitrogens is 1. The Kier molecular flexibility index (Phi) is 6.26. The number of rotatable bonds is 2. The van der Waals surface area contributed by atoms with E-state index in [1.807, 2.05) is 19.1 Å². The molecular weight excluding hydrogens is 408 g/mol. The number of hydrogen-bond acceptors (Lipinski definition) is 4. The number of anilines is 2. The maximum atomic E-state index is 14.4. The Balaban J connectivity index is 0.000000567. The van der Waals surface area contributed by atoms with Crippen molar-refractivity contribution < 1.29 is 8.78 Å². The van der Waals surface area contributed by atoms with Crippen molar-refractivity contribution in [2.24, 2.45) is 10.9 Å². The Hall–Kier alpha value is -3.22. The maximum absolute atomic E-state index is 14.4. The average molecular weight is 438 g/mol. The first kappa shape index (κ1) is 22.0. The van der Waals surface area contributed by atoms with Gasteiger partial charge in [-0.2, -0.15) is 5.10 Å². The van der Waals surface area contributed by atoms with Crippen LogP contribution in [0.25, 0.3) is 11.3 Å². The number of aliphatic imine (C=N–C) groups is 1. The summed E-state index contributed by atoms with van der Waals surface area (Å²) in [6.07, 6.45) is 2.36. The van der Waals surface area contributed by atoms with Gasteiger partial charge in [0.05, 0.1) is 11.3 Å². The first-order valence-electron chi connectivity index (χ1n) is 11.1. The summed E-state index contributed by atoms with van der Waals surface area (Å²) in [5, 5.41) is 10.5. The molecule has 0 amide bonds. The molecule has 0 unspecified atom stereocenters. The van der Waals surface area contributed by atoms with Gasteiger partial charge in [0, 0.05) is 30.0 Å². The number of nitrogens with zero attached hydrogens (tertiary/aromatic N) is 3. The second-order valence-electron chi connectivity index (χ2n) is 8.88. The summed E-state index contributed by atoms with van der Waals surface area (Å²) in [6.45, 7) is 10.4. The predicted octanol–water partition coefficient (Wildman–Crippen LogP) is 6.43. The largest absolute Gasteiger partial charge is 0.372 e. The number of nitrogens with one attached hydrogen (secondary N) is 2. The van der Waals surface area contributed by atoms with E-state index in [-0.39, 0.29) is 11.4 Å². The minimum absolute atomic E-state index is 0.133. The van der Waals surface area contributed by atoms with E-state index >= 15 is 0 Å². The molecule has 7 heteroatoms. The molecule has 2 aliphatic rings. The van der Waals surface area contributed by atoms with Crippen LogP contribution in [0, 0.1) is 24.5 Å². The van der Waals surface area contributed by atoms with Gasteiger partial charge < -0.3 is 10.2 Å². The topological polar surface area (TPSA) is 56.3 Å². The molecule has 0 radical (unpaired) electrons. The summed E-state index contributed by atoms with van der Waals surface area (Å²) in [5.41, 5.74) is 4.52. The third-order valence-electron chi connectivity index (χ3n) is 5.32. The van der Waals surface area contributed by atoms with Crippen molar-refractivity contribution in [3.63, 3.8) is 0 Å². The smallest absolute Gasteiger partial charge is 0.144 e. The zero-order valence-electron chi connectivity index (χ0n) is 19.0. The Morgan fingerprint density at radius 1 is 1.00 bits per heavy atom. The summed E-state index contributed by atoms with van der Waals surface area (Å²) >= 11 is 0. The summed E-state index contributed by atoms with van der Waals surface area (Å²) in [6, 6.07) is 9.83. The third kappa shape index (κ3) is 4.38. The maximum Gasteiger partial charge on any atom is 0.144 e. The molecular formula is C25H29F2N5. The molecule has 0 aliphatic carbocycles. The van der Waals surface area contributed by atoms with Gasteiger partial charge in [-0.05, 0) is 56.0 Å². The molecule has 168 valence electrons. The fourth-order valence-corrected chi connectivity index (χ4v) is 3.87. The molecule has 5 nitrogen and oxygen atoms in total. The number of amidine groups is 1. The van der Waals surface area contributed by atoms with Gasteiger partial charge >= 0.3 is 0 Å². The van der Waals surface area contributed by atoms with Gasteiger partial charge in [0.2, 0.25) is 0 Å². The van der Waals surface area contributed by atoms with Gasteiger partial charge in [-0.3, -0.25) is 5.10 Å². The van der Waals surface area contributed by atoms with E-state index in [1.54, 1.807) is 0 Å². The molecule has 2 N–H and O–H groups in total. The SMILES string of the molecule is CC(C)C.Cc1[nH]nc2c1N=C(c1c(F)cccc1F)Nc1ccc(N3CCCC3)cc1-2. The summed E-state index contributed by atoms with van der Waals surface area (Å²) < 4.78 is 28.8. The molecule has 3 heterocycles. The van der Waals surface area contributed by atoms with Crippen LogP contribution in [-0.4, -0.2) is 29.1 Å². The van der Waals surface area contributed by atoms with E-state index in [4.69, 9.17) is 0 Å². The quantitative estimate of drug-likeness (QED) is 0.486. The number of hydrogen-bond donors (Lipinski definition) is 2. The third-order valence-corrected chi connectivity index (χ3v) is 5.32. The van der Waals surface area contributed by atoms with Crippen LogP contribution >= 0.6 is 0 Å². The fraction of sp³-hybridized carbons (Fsp3) is 0.360. The number of halogens is 2. The minimum Gasteiger partial charge on any atom is -0.372 e. The molecule has 0 bridgehead atoms. The molecule has 0 spiro atoms. The van der Waals surface area contributed by atoms with Gasteiger partial charge in [0.15, 0.2) is 0 Å². The molecule has 2 aromatic carbocycles. The van der Waals surface area contributed by atoms with Crippen molar-refractivity contribution in [2.75, 3.05) is 23.3 Å². The van der Waals surface area contributed by atoms with Gasteiger partial charge in [0.1, 0.15) is 28.9 Å². The van der Waals surface area contributed by atoms with Crippen LogP contribution in [0.3, 0.4) is 0 Å². The van der Waals surface area contributed by atoms with E-state index in [1.165, 1.54) is 31.0 Å². The van der Waals surface area contributed by atoms with E-state index in [9.17, 15) is 8.78 Å². The molecule has 32 heavy (non-hydrogen) atoms. The summed E-state index contributed by atoms with van der Waals surface area (Å²) in [5.74, 6) is -0.355. The molecule has 0 atom stereocenters. The van der Waals surface area contributed by atoms with Crippen LogP contribution in [0.4, 0.5) is 25.8 Å². The first-order valence-corrected chi connectivity index (χ1v) is 11.1. The molecule has 1 saturated heterocycles. The monoisotopic (exact) mass is 437 g/mol. The van der Waals surface area contributed by atoms with E-state index in [0.717, 1.165) is 41.6 Å². The lowest BCUT2D eigenvalue weighted by atomic mass is 10.1. The van der Waals surface area contributed by atoms with Crippen molar-refractivity contribution in [2.45, 2.75) is 40.5 Å². The van der Waals surface area contributed by atoms with Crippen molar-refractivity contribution in [3.05, 3.63) is 59.3 Å². The number of aryl methyl sites for hydroxylation is 1. The fourth-order valence-electron chi connectivity index (χ4n) is 3.87. The number of aromatic nitrogens is 2. The number of aromatic amines is 1. The van der Waals surface area contributed by atoms with Crippen LogP contribution in [-0.2, 0) is 0 Å². The predicted molar refractivity (Wildman–Crippen MR) is 127 cm³/mol. The van der Waals surface area contributed by atoms with Crippen molar-refractivity contribution >= 4 is 22.9 Å². The van der Waals surface area contributed by atoms with Gasteiger partial charge in [-0.25, -0.2) is 13.8 Å². The second kappa shape index (κ2) is 9.10. The normalized spacial score (nSPS) is 14.7. The van der Waals surface area contributed by atoms with Crippen LogP contribution in [0.1, 0.15) is 44.9 Å². The highest BCUT2D eigenvalue weighted by atomic mass is 19.1. The van der Waals surface area contributed by atoms with Crippen molar-refractivity contribution in [1.29, 1.82) is 0 Å². The van der Waals surface area contributed by atoms with Crippen molar-refractivity contribution in [1.82, 2.24) is 10.2 Å². The number of fused-ring (bicyclic) bond motifs is 3. The Labute approximate surface area is 187 Å². The Morgan fingerprint density at radius 2 is 1.66 bits per heavy atom.